The quantitative estimate of drug-likeness (QED) is 0.768. The molecule has 1 saturated heterocycles. The van der Waals surface area contributed by atoms with Crippen LogP contribution >= 0.6 is 0 Å². The smallest absolute Gasteiger partial charge is 0.171 e. The lowest BCUT2D eigenvalue weighted by Gasteiger charge is -2.39. The fourth-order valence-electron chi connectivity index (χ4n) is 3.78. The average molecular weight is 376 g/mol. The highest BCUT2D eigenvalue weighted by molar-refractivity contribution is 6.02. The van der Waals surface area contributed by atoms with Crippen molar-refractivity contribution in [2.45, 2.75) is 32.2 Å². The molecule has 0 unspecified atom stereocenters. The summed E-state index contributed by atoms with van der Waals surface area (Å²) in [6.45, 7) is 3.49. The van der Waals surface area contributed by atoms with Crippen LogP contribution in [0.1, 0.15) is 30.5 Å². The molecule has 2 aliphatic rings. The molecule has 0 radical (unpaired) electrons. The number of piperidine rings is 1. The van der Waals surface area contributed by atoms with Crippen molar-refractivity contribution in [2.75, 3.05) is 20.3 Å². The number of hydrogen-bond donors (Lipinski definition) is 0. The maximum atomic E-state index is 5.63. The van der Waals surface area contributed by atoms with Gasteiger partial charge in [0, 0.05) is 19.2 Å². The Kier molecular flexibility index (Phi) is 5.07. The fourth-order valence-corrected chi connectivity index (χ4v) is 3.78. The number of ether oxygens (including phenoxy) is 1. The normalized spacial score (nSPS) is 20.2. The first-order chi connectivity index (χ1) is 13.7. The Morgan fingerprint density at radius 2 is 2.32 bits per heavy atom. The van der Waals surface area contributed by atoms with Crippen molar-refractivity contribution in [3.05, 3.63) is 47.6 Å². The zero-order chi connectivity index (χ0) is 19.5. The molecule has 0 saturated carbocycles. The Balaban J connectivity index is 1.65. The molecule has 1 aromatic heterocycles. The molecular weight excluding hydrogens is 352 g/mol. The summed E-state index contributed by atoms with van der Waals surface area (Å²) in [5.74, 6) is 4.46. The monoisotopic (exact) mass is 376 g/mol. The molecule has 2 aliphatic heterocycles. The number of hydrogen-bond acceptors (Lipinski definition) is 5. The highest BCUT2D eigenvalue weighted by atomic mass is 16.6. The molecule has 6 nitrogen and oxygen atoms in total. The van der Waals surface area contributed by atoms with Gasteiger partial charge in [-0.1, -0.05) is 11.2 Å². The summed E-state index contributed by atoms with van der Waals surface area (Å²) in [5, 5.41) is 4.33. The lowest BCUT2D eigenvalue weighted by molar-refractivity contribution is 0.0597. The summed E-state index contributed by atoms with van der Waals surface area (Å²) in [7, 11) is 1.69. The van der Waals surface area contributed by atoms with E-state index in [-0.39, 0.29) is 6.04 Å². The van der Waals surface area contributed by atoms with Crippen molar-refractivity contribution in [1.82, 2.24) is 14.5 Å². The molecule has 144 valence electrons. The van der Waals surface area contributed by atoms with Crippen molar-refractivity contribution in [3.63, 3.8) is 0 Å². The first kappa shape index (κ1) is 18.2. The second kappa shape index (κ2) is 7.81. The van der Waals surface area contributed by atoms with Crippen LogP contribution in [-0.4, -0.2) is 46.6 Å². The lowest BCUT2D eigenvalue weighted by Crippen LogP contribution is -2.49. The van der Waals surface area contributed by atoms with Crippen LogP contribution in [0.5, 0.6) is 5.75 Å². The predicted molar refractivity (Wildman–Crippen MR) is 109 cm³/mol. The Bertz CT molecular complexity index is 967. The van der Waals surface area contributed by atoms with E-state index in [9.17, 15) is 0 Å². The SMILES string of the molecule is C#CC[C@H]1CON=C2/C(=C/c3ccc(-n4cnc(C)c4)c(OC)c3)CCCN21. The maximum absolute atomic E-state index is 5.63. The number of nitrogens with zero attached hydrogens (tertiary/aromatic N) is 4. The molecule has 4 rings (SSSR count). The van der Waals surface area contributed by atoms with Gasteiger partial charge < -0.3 is 19.0 Å². The van der Waals surface area contributed by atoms with Crippen molar-refractivity contribution >= 4 is 11.9 Å². The van der Waals surface area contributed by atoms with Crippen LogP contribution in [0.4, 0.5) is 0 Å². The number of imidazole rings is 1. The molecule has 6 heteroatoms. The number of oxime groups is 1. The van der Waals surface area contributed by atoms with Gasteiger partial charge in [0.15, 0.2) is 5.84 Å². The number of aryl methyl sites for hydroxylation is 1. The topological polar surface area (TPSA) is 51.9 Å². The Morgan fingerprint density at radius 1 is 1.43 bits per heavy atom. The van der Waals surface area contributed by atoms with E-state index in [0.29, 0.717) is 13.0 Å². The molecule has 3 heterocycles. The van der Waals surface area contributed by atoms with Gasteiger partial charge in [-0.2, -0.15) is 0 Å². The number of amidine groups is 1. The highest BCUT2D eigenvalue weighted by Crippen LogP contribution is 2.29. The van der Waals surface area contributed by atoms with Gasteiger partial charge in [0.2, 0.25) is 0 Å². The van der Waals surface area contributed by atoms with E-state index in [1.165, 1.54) is 5.57 Å². The summed E-state index contributed by atoms with van der Waals surface area (Å²) < 4.78 is 7.60. The molecule has 0 amide bonds. The minimum atomic E-state index is 0.197. The third-order valence-electron chi connectivity index (χ3n) is 5.15. The van der Waals surface area contributed by atoms with Crippen LogP contribution in [0.3, 0.4) is 0 Å². The number of rotatable bonds is 4. The van der Waals surface area contributed by atoms with Crippen LogP contribution in [0.25, 0.3) is 11.8 Å². The molecular formula is C22H24N4O2. The molecule has 1 atom stereocenters. The molecule has 1 fully saturated rings. The lowest BCUT2D eigenvalue weighted by atomic mass is 9.97. The van der Waals surface area contributed by atoms with Crippen LogP contribution in [-0.2, 0) is 4.84 Å². The molecule has 1 aromatic carbocycles. The van der Waals surface area contributed by atoms with E-state index in [4.69, 9.17) is 16.0 Å². The molecule has 0 bridgehead atoms. The third kappa shape index (κ3) is 3.48. The van der Waals surface area contributed by atoms with Gasteiger partial charge in [0.1, 0.15) is 12.4 Å². The van der Waals surface area contributed by atoms with Crippen LogP contribution in [0.15, 0.2) is 41.5 Å². The van der Waals surface area contributed by atoms with Gasteiger partial charge in [0.05, 0.1) is 30.9 Å². The summed E-state index contributed by atoms with van der Waals surface area (Å²) >= 11 is 0. The van der Waals surface area contributed by atoms with Gasteiger partial charge in [-0.25, -0.2) is 4.98 Å². The largest absolute Gasteiger partial charge is 0.495 e. The van der Waals surface area contributed by atoms with Crippen molar-refractivity contribution in [1.29, 1.82) is 0 Å². The van der Waals surface area contributed by atoms with E-state index in [1.807, 2.05) is 29.8 Å². The van der Waals surface area contributed by atoms with Crippen LogP contribution in [0, 0.1) is 19.3 Å². The average Bonchev–Trinajstić information content (AvgIpc) is 3.15. The fraction of sp³-hybridized carbons (Fsp3) is 0.364. The van der Waals surface area contributed by atoms with Gasteiger partial charge in [-0.3, -0.25) is 0 Å². The van der Waals surface area contributed by atoms with E-state index < -0.39 is 0 Å². The summed E-state index contributed by atoms with van der Waals surface area (Å²) in [5.41, 5.74) is 4.16. The first-order valence-electron chi connectivity index (χ1n) is 9.49. The summed E-state index contributed by atoms with van der Waals surface area (Å²) in [4.78, 5) is 12.1. The molecule has 0 aliphatic carbocycles. The minimum Gasteiger partial charge on any atom is -0.495 e. The molecule has 0 N–H and O–H groups in total. The van der Waals surface area contributed by atoms with E-state index >= 15 is 0 Å². The van der Waals surface area contributed by atoms with Gasteiger partial charge in [-0.15, -0.1) is 12.3 Å². The molecule has 2 aromatic rings. The number of terminal acetylenes is 1. The second-order valence-corrected chi connectivity index (χ2v) is 7.09. The van der Waals surface area contributed by atoms with Crippen molar-refractivity contribution < 1.29 is 9.57 Å². The minimum absolute atomic E-state index is 0.197. The van der Waals surface area contributed by atoms with Gasteiger partial charge in [-0.05, 0) is 49.1 Å². The zero-order valence-corrected chi connectivity index (χ0v) is 16.3. The highest BCUT2D eigenvalue weighted by Gasteiger charge is 2.31. The maximum Gasteiger partial charge on any atom is 0.171 e. The van der Waals surface area contributed by atoms with Gasteiger partial charge >= 0.3 is 0 Å². The Labute approximate surface area is 165 Å². The predicted octanol–water partition coefficient (Wildman–Crippen LogP) is 3.40. The Hall–Kier alpha value is -3.20. The second-order valence-electron chi connectivity index (χ2n) is 7.09. The first-order valence-corrected chi connectivity index (χ1v) is 9.49. The van der Waals surface area contributed by atoms with Crippen LogP contribution in [0.2, 0.25) is 0 Å². The summed E-state index contributed by atoms with van der Waals surface area (Å²) in [6, 6.07) is 6.37. The Morgan fingerprint density at radius 3 is 3.07 bits per heavy atom. The number of benzene rings is 1. The van der Waals surface area contributed by atoms with Crippen molar-refractivity contribution in [3.8, 4) is 23.8 Å². The van der Waals surface area contributed by atoms with E-state index in [2.05, 4.69) is 33.1 Å². The van der Waals surface area contributed by atoms with Gasteiger partial charge in [0.25, 0.3) is 0 Å². The summed E-state index contributed by atoms with van der Waals surface area (Å²) in [6.07, 6.45) is 14.2. The van der Waals surface area contributed by atoms with E-state index in [0.717, 1.165) is 47.9 Å². The number of methoxy groups -OCH3 is 1. The number of fused-ring (bicyclic) bond motifs is 1. The number of aromatic nitrogens is 2. The van der Waals surface area contributed by atoms with Crippen LogP contribution < -0.4 is 4.74 Å². The molecule has 0 spiro atoms. The third-order valence-corrected chi connectivity index (χ3v) is 5.15. The zero-order valence-electron chi connectivity index (χ0n) is 16.3. The van der Waals surface area contributed by atoms with E-state index in [1.54, 1.807) is 13.4 Å². The standard InChI is InChI=1S/C22H24N4O2/c1-4-6-19-14-28-24-22-18(7-5-10-26(19)22)11-17-8-9-20(21(12-17)27-3)25-13-16(2)23-15-25/h1,8-9,11-13,15,19H,5-7,10,14H2,2-3H3/b18-11+/t19-/m0/s1. The molecule has 28 heavy (non-hydrogen) atoms. The van der Waals surface area contributed by atoms with Crippen molar-refractivity contribution in [2.24, 2.45) is 5.16 Å².